The molecule has 0 spiro atoms. The second-order valence-electron chi connectivity index (χ2n) is 0.611. The van der Waals surface area contributed by atoms with Gasteiger partial charge >= 0.3 is 47.6 Å². The molecule has 0 fully saturated rings. The summed E-state index contributed by atoms with van der Waals surface area (Å²) in [5, 5.41) is 0. The maximum atomic E-state index is 9.52. The summed E-state index contributed by atoms with van der Waals surface area (Å²) < 4.78 is 0.333. The molecule has 5 heavy (non-hydrogen) atoms. The maximum absolute atomic E-state index is 9.52. The van der Waals surface area contributed by atoms with Crippen molar-refractivity contribution in [2.45, 2.75) is 6.92 Å². The topological polar surface area (TPSA) is 17.1 Å². The van der Waals surface area contributed by atoms with E-state index in [0.29, 0.717) is 35.9 Å². The van der Waals surface area contributed by atoms with E-state index in [9.17, 15) is 4.79 Å². The first-order valence-electron chi connectivity index (χ1n) is 0.993. The molecule has 0 N–H and O–H groups in total. The molecular formula is C2H3La2O. The summed E-state index contributed by atoms with van der Waals surface area (Å²) in [7, 11) is 0. The second kappa shape index (κ2) is 6.06. The van der Waals surface area contributed by atoms with Crippen molar-refractivity contribution in [3.05, 3.63) is 0 Å². The third-order valence-corrected chi connectivity index (χ3v) is 0. The van der Waals surface area contributed by atoms with Crippen molar-refractivity contribution in [1.29, 1.82) is 0 Å². The van der Waals surface area contributed by atoms with Crippen molar-refractivity contribution in [3.63, 3.8) is 0 Å². The van der Waals surface area contributed by atoms with Gasteiger partial charge in [-0.1, -0.05) is 0 Å². The predicted molar refractivity (Wildman–Crippen MR) is 10.7 cm³/mol. The average Bonchev–Trinajstić information content (AvgIpc) is 0.811. The van der Waals surface area contributed by atoms with Crippen molar-refractivity contribution < 1.29 is 74.1 Å². The molecule has 0 aliphatic heterocycles. The van der Waals surface area contributed by atoms with Crippen LogP contribution in [0.25, 0.3) is 0 Å². The van der Waals surface area contributed by atoms with Gasteiger partial charge < -0.3 is 0 Å². The van der Waals surface area contributed by atoms with Crippen LogP contribution in [0.15, 0.2) is 0 Å². The van der Waals surface area contributed by atoms with E-state index in [1.807, 2.05) is 0 Å². The summed E-state index contributed by atoms with van der Waals surface area (Å²) in [5.74, 6) is 0. The Hall–Kier alpha value is 2.06. The van der Waals surface area contributed by atoms with Gasteiger partial charge in [-0.15, -0.1) is 0 Å². The monoisotopic (exact) mass is 321 g/mol. The molecule has 1 radical (unpaired) electrons. The van der Waals surface area contributed by atoms with Gasteiger partial charge in [-0.2, -0.15) is 0 Å². The Morgan fingerprint density at radius 3 is 1.80 bits per heavy atom. The summed E-state index contributed by atoms with van der Waals surface area (Å²) in [6.45, 7) is 1.60. The van der Waals surface area contributed by atoms with Crippen LogP contribution in [0, 0.1) is 69.3 Å². The fraction of sp³-hybridized carbons (Fsp3) is 0.500. The van der Waals surface area contributed by atoms with Gasteiger partial charge in [0.25, 0.3) is 0 Å². The standard InChI is InChI=1S/C2H3O.2La/c1-2-3;;/h1H3;;. The molecule has 3 heteroatoms. The smallest absolute Gasteiger partial charge is 0 e. The molecule has 0 unspecified atom stereocenters. The van der Waals surface area contributed by atoms with E-state index in [-0.39, 0.29) is 35.6 Å². The van der Waals surface area contributed by atoms with E-state index in [1.165, 1.54) is 0 Å². The van der Waals surface area contributed by atoms with E-state index in [4.69, 9.17) is 0 Å². The van der Waals surface area contributed by atoms with Crippen LogP contribution < -0.4 is 0 Å². The van der Waals surface area contributed by atoms with Gasteiger partial charge in [0.15, 0.2) is 0 Å². The van der Waals surface area contributed by atoms with Crippen molar-refractivity contribution >= 4 is 2.19 Å². The molecule has 0 heterocycles. The van der Waals surface area contributed by atoms with Crippen LogP contribution in [0.3, 0.4) is 0 Å². The predicted octanol–water partition coefficient (Wildman–Crippen LogP) is 0.0822. The molecule has 0 atom stereocenters. The van der Waals surface area contributed by atoms with Crippen LogP contribution in [0.5, 0.6) is 0 Å². The molecule has 0 saturated carbocycles. The number of rotatable bonds is 0. The van der Waals surface area contributed by atoms with Crippen molar-refractivity contribution in [3.8, 4) is 0 Å². The zero-order valence-corrected chi connectivity index (χ0v) is 10.3. The number of hydrogen-bond acceptors (Lipinski definition) is 1. The number of hydrogen-bond donors (Lipinski definition) is 0. The Morgan fingerprint density at radius 1 is 1.80 bits per heavy atom. The largest absolute Gasteiger partial charge is 0 e. The van der Waals surface area contributed by atoms with Crippen LogP contribution in [-0.2, 0) is 4.79 Å². The third kappa shape index (κ3) is 23.5. The van der Waals surface area contributed by atoms with Crippen molar-refractivity contribution in [1.82, 2.24) is 0 Å². The second-order valence-corrected chi connectivity index (χ2v) is 3.16. The first-order chi connectivity index (χ1) is 1.73. The Kier molecular flexibility index (Phi) is 12.3. The molecule has 23 valence electrons. The van der Waals surface area contributed by atoms with Crippen LogP contribution in [0.1, 0.15) is 6.92 Å². The van der Waals surface area contributed by atoms with E-state index in [2.05, 4.69) is 0 Å². The summed E-state index contributed by atoms with van der Waals surface area (Å²) in [6.07, 6.45) is 0. The molecule has 0 bridgehead atoms. The summed E-state index contributed by atoms with van der Waals surface area (Å²) in [4.78, 5) is 9.52. The fourth-order valence-electron chi connectivity index (χ4n) is 0. The van der Waals surface area contributed by atoms with Gasteiger partial charge in [0.1, 0.15) is 0 Å². The Morgan fingerprint density at radius 2 is 1.80 bits per heavy atom. The number of carbonyl (C=O) groups is 1. The van der Waals surface area contributed by atoms with E-state index in [0.717, 1.165) is 0 Å². The van der Waals surface area contributed by atoms with Crippen LogP contribution in [-0.4, -0.2) is 2.19 Å². The quantitative estimate of drug-likeness (QED) is 0.618. The minimum Gasteiger partial charge on any atom is 0 e. The Labute approximate surface area is 81.5 Å². The Bertz CT molecular complexity index is 30.6. The van der Waals surface area contributed by atoms with Gasteiger partial charge in [0.05, 0.1) is 0 Å². The molecule has 0 aliphatic rings. The number of carbonyl (C=O) groups excluding carboxylic acids is 1. The average molecular weight is 321 g/mol. The fourth-order valence-corrected chi connectivity index (χ4v) is 0. The van der Waals surface area contributed by atoms with Crippen molar-refractivity contribution in [2.75, 3.05) is 0 Å². The molecular weight excluding hydrogens is 318 g/mol. The van der Waals surface area contributed by atoms with Gasteiger partial charge in [-0.05, 0) is 0 Å². The Balaban J connectivity index is 0. The SMILES string of the molecule is C[C](=O)[La].[La]. The van der Waals surface area contributed by atoms with Gasteiger partial charge in [0, 0.05) is 35.6 Å². The minimum atomic E-state index is 0. The molecule has 0 aromatic heterocycles. The van der Waals surface area contributed by atoms with E-state index >= 15 is 0 Å². The zero-order valence-electron chi connectivity index (χ0n) is 3.06. The summed E-state index contributed by atoms with van der Waals surface area (Å²) in [6, 6.07) is 0. The molecule has 0 aliphatic carbocycles. The summed E-state index contributed by atoms with van der Waals surface area (Å²) in [5.41, 5.74) is 0. The van der Waals surface area contributed by atoms with Gasteiger partial charge in [-0.25, -0.2) is 0 Å². The van der Waals surface area contributed by atoms with E-state index in [1.54, 1.807) is 6.92 Å². The van der Waals surface area contributed by atoms with E-state index < -0.39 is 0 Å². The van der Waals surface area contributed by atoms with Gasteiger partial charge in [-0.3, -0.25) is 0 Å². The molecule has 0 aromatic carbocycles. The van der Waals surface area contributed by atoms with Gasteiger partial charge in [0.2, 0.25) is 0 Å². The molecule has 0 saturated heterocycles. The molecule has 0 rings (SSSR count). The molecule has 0 amide bonds. The minimum absolute atomic E-state index is 0. The third-order valence-electron chi connectivity index (χ3n) is 0. The molecule has 1 nitrogen and oxygen atoms in total. The first-order valence-corrected chi connectivity index (χ1v) is 2.81. The molecule has 0 aromatic rings. The van der Waals surface area contributed by atoms with Crippen molar-refractivity contribution in [2.24, 2.45) is 0 Å². The van der Waals surface area contributed by atoms with Crippen LogP contribution in [0.2, 0.25) is 0 Å². The van der Waals surface area contributed by atoms with Crippen LogP contribution in [0.4, 0.5) is 0 Å². The first kappa shape index (κ1) is 10.1. The normalized spacial score (nSPS) is 4.80. The zero-order chi connectivity index (χ0) is 3.58. The maximum Gasteiger partial charge on any atom is 0 e. The summed E-state index contributed by atoms with van der Waals surface area (Å²) >= 11 is 0.546. The van der Waals surface area contributed by atoms with Crippen LogP contribution >= 0.6 is 0 Å².